The van der Waals surface area contributed by atoms with Crippen LogP contribution in [0.15, 0.2) is 67.0 Å². The van der Waals surface area contributed by atoms with Crippen LogP contribution < -0.4 is 5.73 Å². The van der Waals surface area contributed by atoms with E-state index in [2.05, 4.69) is 26.9 Å². The maximum Gasteiger partial charge on any atom is 0.254 e. The number of aromatic nitrogens is 3. The zero-order valence-corrected chi connectivity index (χ0v) is 21.5. The van der Waals surface area contributed by atoms with Crippen molar-refractivity contribution in [2.24, 2.45) is 5.73 Å². The number of aromatic amines is 1. The fourth-order valence-corrected chi connectivity index (χ4v) is 5.33. The highest BCUT2D eigenvalue weighted by molar-refractivity contribution is 6.33. The first kappa shape index (κ1) is 24.1. The number of fused-ring (bicyclic) bond motifs is 3. The van der Waals surface area contributed by atoms with E-state index >= 15 is 0 Å². The molecule has 0 bridgehead atoms. The molecule has 8 nitrogen and oxygen atoms in total. The van der Waals surface area contributed by atoms with Crippen LogP contribution in [-0.2, 0) is 0 Å². The van der Waals surface area contributed by atoms with Crippen LogP contribution in [0.3, 0.4) is 0 Å². The highest BCUT2D eigenvalue weighted by Crippen LogP contribution is 2.39. The quantitative estimate of drug-likeness (QED) is 0.334. The van der Waals surface area contributed by atoms with Crippen LogP contribution in [0.5, 0.6) is 0 Å². The molecule has 6 rings (SSSR count). The Morgan fingerprint density at radius 2 is 1.79 bits per heavy atom. The zero-order chi connectivity index (χ0) is 26.4. The van der Waals surface area contributed by atoms with Gasteiger partial charge in [0.25, 0.3) is 11.8 Å². The fourth-order valence-electron chi connectivity index (χ4n) is 5.08. The Hall–Kier alpha value is -4.27. The Morgan fingerprint density at radius 3 is 2.50 bits per heavy atom. The summed E-state index contributed by atoms with van der Waals surface area (Å²) in [5.74, 6) is -0.551. The van der Waals surface area contributed by atoms with E-state index in [9.17, 15) is 9.59 Å². The number of piperazine rings is 1. The second-order valence-electron chi connectivity index (χ2n) is 9.53. The largest absolute Gasteiger partial charge is 0.366 e. The summed E-state index contributed by atoms with van der Waals surface area (Å²) in [7, 11) is 2.06. The van der Waals surface area contributed by atoms with E-state index in [4.69, 9.17) is 17.3 Å². The molecule has 2 aromatic carbocycles. The number of hydrogen-bond acceptors (Lipinski definition) is 5. The summed E-state index contributed by atoms with van der Waals surface area (Å²) >= 11 is 6.71. The van der Waals surface area contributed by atoms with E-state index in [-0.39, 0.29) is 5.91 Å². The number of pyridine rings is 2. The molecular weight excluding hydrogens is 500 g/mol. The Labute approximate surface area is 224 Å². The van der Waals surface area contributed by atoms with Crippen LogP contribution in [0.2, 0.25) is 5.15 Å². The first-order valence-electron chi connectivity index (χ1n) is 12.3. The number of carbonyl (C=O) groups excluding carboxylic acids is 2. The minimum absolute atomic E-state index is 0.00719. The minimum atomic E-state index is -0.544. The third-order valence-electron chi connectivity index (χ3n) is 7.15. The van der Waals surface area contributed by atoms with Crippen LogP contribution in [0, 0.1) is 0 Å². The number of hydrogen-bond donors (Lipinski definition) is 2. The van der Waals surface area contributed by atoms with Gasteiger partial charge in [-0.1, -0.05) is 23.7 Å². The Bertz CT molecular complexity index is 1710. The molecule has 1 aliphatic rings. The van der Waals surface area contributed by atoms with Crippen molar-refractivity contribution in [3.63, 3.8) is 0 Å². The lowest BCUT2D eigenvalue weighted by Gasteiger charge is -2.32. The van der Waals surface area contributed by atoms with Gasteiger partial charge in [-0.25, -0.2) is 4.98 Å². The molecule has 0 radical (unpaired) electrons. The Balaban J connectivity index is 1.48. The molecule has 5 aromatic rings. The smallest absolute Gasteiger partial charge is 0.254 e. The molecule has 0 aliphatic carbocycles. The van der Waals surface area contributed by atoms with Gasteiger partial charge in [0.05, 0.1) is 16.8 Å². The number of rotatable bonds is 4. The predicted octanol–water partition coefficient (Wildman–Crippen LogP) is 4.59. The van der Waals surface area contributed by atoms with Gasteiger partial charge in [-0.15, -0.1) is 0 Å². The lowest BCUT2D eigenvalue weighted by molar-refractivity contribution is 0.0664. The lowest BCUT2D eigenvalue weighted by Crippen LogP contribution is -2.47. The van der Waals surface area contributed by atoms with Gasteiger partial charge in [0.15, 0.2) is 0 Å². The topological polar surface area (TPSA) is 108 Å². The number of primary amides is 1. The van der Waals surface area contributed by atoms with Crippen molar-refractivity contribution >= 4 is 45.2 Å². The predicted molar refractivity (Wildman–Crippen MR) is 149 cm³/mol. The number of likely N-dealkylation sites (N-methyl/N-ethyl adjacent to an activating group) is 1. The molecule has 0 atom stereocenters. The number of H-pyrrole nitrogens is 1. The van der Waals surface area contributed by atoms with Crippen molar-refractivity contribution < 1.29 is 9.59 Å². The Morgan fingerprint density at radius 1 is 1.00 bits per heavy atom. The highest BCUT2D eigenvalue weighted by Gasteiger charge is 2.23. The molecule has 2 amide bonds. The first-order valence-corrected chi connectivity index (χ1v) is 12.7. The average molecular weight is 525 g/mol. The molecule has 190 valence electrons. The summed E-state index contributed by atoms with van der Waals surface area (Å²) in [5, 5.41) is 1.99. The summed E-state index contributed by atoms with van der Waals surface area (Å²) in [4.78, 5) is 41.7. The number of carbonyl (C=O) groups is 2. The van der Waals surface area contributed by atoms with Gasteiger partial charge in [0.1, 0.15) is 5.15 Å². The summed E-state index contributed by atoms with van der Waals surface area (Å²) in [5.41, 5.74) is 11.1. The highest BCUT2D eigenvalue weighted by atomic mass is 35.5. The van der Waals surface area contributed by atoms with E-state index in [0.717, 1.165) is 46.1 Å². The van der Waals surface area contributed by atoms with Crippen LogP contribution in [-0.4, -0.2) is 69.8 Å². The number of nitrogens with one attached hydrogen (secondary N) is 1. The van der Waals surface area contributed by atoms with Gasteiger partial charge in [-0.3, -0.25) is 14.6 Å². The van der Waals surface area contributed by atoms with E-state index < -0.39 is 5.91 Å². The van der Waals surface area contributed by atoms with Gasteiger partial charge in [-0.2, -0.15) is 0 Å². The van der Waals surface area contributed by atoms with E-state index in [1.165, 1.54) is 0 Å². The summed E-state index contributed by atoms with van der Waals surface area (Å²) in [6.45, 7) is 3.08. The van der Waals surface area contributed by atoms with Crippen molar-refractivity contribution in [3.05, 3.63) is 83.3 Å². The molecule has 38 heavy (non-hydrogen) atoms. The monoisotopic (exact) mass is 524 g/mol. The number of halogens is 1. The van der Waals surface area contributed by atoms with Crippen molar-refractivity contribution in [2.45, 2.75) is 0 Å². The third-order valence-corrected chi connectivity index (χ3v) is 7.44. The summed E-state index contributed by atoms with van der Waals surface area (Å²) in [6, 6.07) is 16.7. The summed E-state index contributed by atoms with van der Waals surface area (Å²) < 4.78 is 0. The van der Waals surface area contributed by atoms with E-state index in [1.54, 1.807) is 18.5 Å². The lowest BCUT2D eigenvalue weighted by atomic mass is 9.97. The van der Waals surface area contributed by atoms with Gasteiger partial charge < -0.3 is 20.5 Å². The van der Waals surface area contributed by atoms with Crippen LogP contribution in [0.4, 0.5) is 0 Å². The molecule has 1 aliphatic heterocycles. The zero-order valence-electron chi connectivity index (χ0n) is 20.7. The molecule has 3 N–H and O–H groups in total. The molecule has 0 spiro atoms. The van der Waals surface area contributed by atoms with Crippen LogP contribution >= 0.6 is 11.6 Å². The molecule has 0 unspecified atom stereocenters. The average Bonchev–Trinajstić information content (AvgIpc) is 3.32. The minimum Gasteiger partial charge on any atom is -0.366 e. The van der Waals surface area contributed by atoms with E-state index in [0.29, 0.717) is 40.6 Å². The fraction of sp³-hybridized carbons (Fsp3) is 0.172. The third kappa shape index (κ3) is 4.17. The molecule has 4 heterocycles. The van der Waals surface area contributed by atoms with Crippen molar-refractivity contribution in [3.8, 4) is 22.4 Å². The van der Waals surface area contributed by atoms with Crippen LogP contribution in [0.25, 0.3) is 44.2 Å². The van der Waals surface area contributed by atoms with Gasteiger partial charge >= 0.3 is 0 Å². The van der Waals surface area contributed by atoms with E-state index in [1.807, 2.05) is 53.4 Å². The second-order valence-corrected chi connectivity index (χ2v) is 9.89. The molecule has 1 saturated heterocycles. The molecule has 9 heteroatoms. The SMILES string of the molecule is CN1CCN(C(=O)c2ccc3c(c2)[nH]c2c(C(N)=O)ccc(-c4ccc(-c5cccnc5)nc4Cl)c23)CC1. The molecule has 0 saturated carbocycles. The van der Waals surface area contributed by atoms with Gasteiger partial charge in [0.2, 0.25) is 0 Å². The van der Waals surface area contributed by atoms with Crippen molar-refractivity contribution in [1.29, 1.82) is 0 Å². The Kier molecular flexibility index (Phi) is 6.06. The number of nitrogens with two attached hydrogens (primary N) is 1. The standard InChI is InChI=1S/C29H25ClN6O2/c1-35-11-13-36(14-12-35)29(38)17-4-5-21-24(15-17)33-26-22(28(31)37)7-6-19(25(21)26)20-8-9-23(34-27(20)30)18-3-2-10-32-16-18/h2-10,15-16,33H,11-14H2,1H3,(H2,31,37). The first-order chi connectivity index (χ1) is 18.4. The van der Waals surface area contributed by atoms with Gasteiger partial charge in [-0.05, 0) is 55.1 Å². The number of nitrogens with zero attached hydrogens (tertiary/aromatic N) is 4. The van der Waals surface area contributed by atoms with Crippen molar-refractivity contribution in [1.82, 2.24) is 24.8 Å². The molecular formula is C29H25ClN6O2. The van der Waals surface area contributed by atoms with Crippen LogP contribution in [0.1, 0.15) is 20.7 Å². The molecule has 3 aromatic heterocycles. The normalized spacial score (nSPS) is 14.3. The number of benzene rings is 2. The maximum atomic E-state index is 13.2. The second kappa shape index (κ2) is 9.55. The summed E-state index contributed by atoms with van der Waals surface area (Å²) in [6.07, 6.45) is 3.44. The van der Waals surface area contributed by atoms with Gasteiger partial charge in [0, 0.05) is 71.6 Å². The molecule has 1 fully saturated rings. The number of amides is 2. The van der Waals surface area contributed by atoms with Crippen molar-refractivity contribution in [2.75, 3.05) is 33.2 Å². The maximum absolute atomic E-state index is 13.2.